The van der Waals surface area contributed by atoms with Gasteiger partial charge in [0.2, 0.25) is 0 Å². The number of aryl methyl sites for hydroxylation is 1. The van der Waals surface area contributed by atoms with Gasteiger partial charge in [-0.1, -0.05) is 30.3 Å². The van der Waals surface area contributed by atoms with Gasteiger partial charge in [-0.05, 0) is 54.9 Å². The normalized spacial score (nSPS) is 9.67. The zero-order chi connectivity index (χ0) is 14.9. The summed E-state index contributed by atoms with van der Waals surface area (Å²) in [5.74, 6) is 0. The third-order valence-corrected chi connectivity index (χ3v) is 3.29. The van der Waals surface area contributed by atoms with Crippen LogP contribution in [0.15, 0.2) is 54.6 Å². The van der Waals surface area contributed by atoms with Crippen LogP contribution in [0.2, 0.25) is 0 Å². The van der Waals surface area contributed by atoms with E-state index in [2.05, 4.69) is 41.0 Å². The highest BCUT2D eigenvalue weighted by Crippen LogP contribution is 2.08. The number of nitrogens with one attached hydrogen (secondary N) is 2. The van der Waals surface area contributed by atoms with Crippen LogP contribution in [0.4, 0.5) is 5.69 Å². The second-order valence-electron chi connectivity index (χ2n) is 4.66. The minimum absolute atomic E-state index is 0.604. The summed E-state index contributed by atoms with van der Waals surface area (Å²) in [4.78, 5) is 0. The number of nitrogens with zero attached hydrogens (tertiary/aromatic N) is 1. The quantitative estimate of drug-likeness (QED) is 0.655. The molecule has 106 valence electrons. The predicted molar refractivity (Wildman–Crippen MR) is 90.1 cm³/mol. The lowest BCUT2D eigenvalue weighted by Crippen LogP contribution is -2.29. The van der Waals surface area contributed by atoms with Crippen LogP contribution in [0.5, 0.6) is 0 Å². The fourth-order valence-corrected chi connectivity index (χ4v) is 2.16. The molecule has 0 unspecified atom stereocenters. The zero-order valence-electron chi connectivity index (χ0n) is 11.7. The van der Waals surface area contributed by atoms with Crippen LogP contribution in [-0.4, -0.2) is 11.7 Å². The molecule has 2 aromatic rings. The van der Waals surface area contributed by atoms with Crippen molar-refractivity contribution < 1.29 is 0 Å². The summed E-state index contributed by atoms with van der Waals surface area (Å²) in [6.07, 6.45) is 2.06. The van der Waals surface area contributed by atoms with Gasteiger partial charge in [-0.2, -0.15) is 5.26 Å². The van der Waals surface area contributed by atoms with Crippen LogP contribution in [0.25, 0.3) is 0 Å². The molecule has 0 saturated carbocycles. The summed E-state index contributed by atoms with van der Waals surface area (Å²) < 4.78 is 0. The Bertz CT molecular complexity index is 615. The van der Waals surface area contributed by atoms with Crippen molar-refractivity contribution >= 4 is 23.0 Å². The first kappa shape index (κ1) is 15.0. The van der Waals surface area contributed by atoms with Crippen LogP contribution in [0.1, 0.15) is 17.5 Å². The largest absolute Gasteiger partial charge is 0.362 e. The molecule has 2 aromatic carbocycles. The number of hydrogen-bond donors (Lipinski definition) is 2. The minimum Gasteiger partial charge on any atom is -0.362 e. The Morgan fingerprint density at radius 1 is 1.05 bits per heavy atom. The van der Waals surface area contributed by atoms with E-state index < -0.39 is 0 Å². The molecular weight excluding hydrogens is 278 g/mol. The molecule has 0 atom stereocenters. The average Bonchev–Trinajstić information content (AvgIpc) is 2.53. The SMILES string of the molecule is N#Cc1ccc(NC(=S)NCCCc2ccccc2)cc1. The lowest BCUT2D eigenvalue weighted by Gasteiger charge is -2.10. The zero-order valence-corrected chi connectivity index (χ0v) is 12.5. The van der Waals surface area contributed by atoms with Gasteiger partial charge in [0.15, 0.2) is 5.11 Å². The smallest absolute Gasteiger partial charge is 0.170 e. The van der Waals surface area contributed by atoms with Crippen molar-refractivity contribution in [2.24, 2.45) is 0 Å². The molecule has 2 N–H and O–H groups in total. The van der Waals surface area contributed by atoms with E-state index in [9.17, 15) is 0 Å². The molecule has 2 rings (SSSR count). The third-order valence-electron chi connectivity index (χ3n) is 3.04. The molecule has 0 spiro atoms. The van der Waals surface area contributed by atoms with Gasteiger partial charge >= 0.3 is 0 Å². The summed E-state index contributed by atoms with van der Waals surface area (Å²) in [5, 5.41) is 15.6. The molecule has 0 aromatic heterocycles. The Labute approximate surface area is 130 Å². The van der Waals surface area contributed by atoms with Crippen molar-refractivity contribution in [1.29, 1.82) is 5.26 Å². The molecule has 0 radical (unpaired) electrons. The summed E-state index contributed by atoms with van der Waals surface area (Å²) >= 11 is 5.24. The molecule has 21 heavy (non-hydrogen) atoms. The van der Waals surface area contributed by atoms with Crippen molar-refractivity contribution in [2.45, 2.75) is 12.8 Å². The van der Waals surface area contributed by atoms with Crippen LogP contribution >= 0.6 is 12.2 Å². The highest BCUT2D eigenvalue weighted by Gasteiger charge is 1.98. The van der Waals surface area contributed by atoms with Gasteiger partial charge in [0, 0.05) is 12.2 Å². The van der Waals surface area contributed by atoms with E-state index in [1.807, 2.05) is 18.2 Å². The van der Waals surface area contributed by atoms with Gasteiger partial charge in [-0.3, -0.25) is 0 Å². The van der Waals surface area contributed by atoms with Crippen molar-refractivity contribution in [3.8, 4) is 6.07 Å². The Hall–Kier alpha value is -2.38. The van der Waals surface area contributed by atoms with Crippen molar-refractivity contribution in [3.05, 3.63) is 65.7 Å². The second kappa shape index (κ2) is 8.03. The second-order valence-corrected chi connectivity index (χ2v) is 5.07. The fourth-order valence-electron chi connectivity index (χ4n) is 1.94. The monoisotopic (exact) mass is 295 g/mol. The lowest BCUT2D eigenvalue weighted by molar-refractivity contribution is 0.777. The van der Waals surface area contributed by atoms with Gasteiger partial charge < -0.3 is 10.6 Å². The van der Waals surface area contributed by atoms with Crippen LogP contribution in [0, 0.1) is 11.3 Å². The van der Waals surface area contributed by atoms with E-state index in [-0.39, 0.29) is 0 Å². The molecule has 0 heterocycles. The average molecular weight is 295 g/mol. The summed E-state index contributed by atoms with van der Waals surface area (Å²) in [6.45, 7) is 0.830. The standard InChI is InChI=1S/C17H17N3S/c18-13-15-8-10-16(11-9-15)20-17(21)19-12-4-7-14-5-2-1-3-6-14/h1-3,5-6,8-11H,4,7,12H2,(H2,19,20,21). The maximum Gasteiger partial charge on any atom is 0.170 e. The molecule has 0 amide bonds. The first-order valence-electron chi connectivity index (χ1n) is 6.87. The molecule has 4 heteroatoms. The maximum absolute atomic E-state index is 8.74. The van der Waals surface area contributed by atoms with Crippen LogP contribution < -0.4 is 10.6 Å². The van der Waals surface area contributed by atoms with E-state index >= 15 is 0 Å². The van der Waals surface area contributed by atoms with E-state index in [1.54, 1.807) is 12.1 Å². The number of nitriles is 1. The maximum atomic E-state index is 8.74. The van der Waals surface area contributed by atoms with Gasteiger partial charge in [0.1, 0.15) is 0 Å². The van der Waals surface area contributed by atoms with Crippen LogP contribution in [0.3, 0.4) is 0 Å². The molecule has 0 aliphatic rings. The number of anilines is 1. The van der Waals surface area contributed by atoms with Gasteiger partial charge in [0.05, 0.1) is 11.6 Å². The lowest BCUT2D eigenvalue weighted by atomic mass is 10.1. The molecule has 0 bridgehead atoms. The molecule has 3 nitrogen and oxygen atoms in total. The third kappa shape index (κ3) is 5.25. The predicted octanol–water partition coefficient (Wildman–Crippen LogP) is 3.48. The van der Waals surface area contributed by atoms with Crippen molar-refractivity contribution in [1.82, 2.24) is 5.32 Å². The fraction of sp³-hybridized carbons (Fsp3) is 0.176. The number of hydrogen-bond acceptors (Lipinski definition) is 2. The summed E-state index contributed by atoms with van der Waals surface area (Å²) in [5.41, 5.74) is 2.86. The molecule has 0 aliphatic carbocycles. The van der Waals surface area contributed by atoms with E-state index in [0.29, 0.717) is 10.7 Å². The molecule has 0 saturated heterocycles. The first-order chi connectivity index (χ1) is 10.3. The molecular formula is C17H17N3S. The minimum atomic E-state index is 0.604. The van der Waals surface area contributed by atoms with E-state index in [4.69, 9.17) is 17.5 Å². The molecule has 0 fully saturated rings. The number of rotatable bonds is 5. The Morgan fingerprint density at radius 2 is 1.76 bits per heavy atom. The van der Waals surface area contributed by atoms with Gasteiger partial charge in [0.25, 0.3) is 0 Å². The number of benzene rings is 2. The van der Waals surface area contributed by atoms with Crippen LogP contribution in [-0.2, 0) is 6.42 Å². The molecule has 0 aliphatic heterocycles. The first-order valence-corrected chi connectivity index (χ1v) is 7.28. The highest BCUT2D eigenvalue weighted by atomic mass is 32.1. The van der Waals surface area contributed by atoms with Gasteiger partial charge in [-0.25, -0.2) is 0 Å². The Kier molecular flexibility index (Phi) is 5.74. The van der Waals surface area contributed by atoms with Crippen molar-refractivity contribution in [2.75, 3.05) is 11.9 Å². The topological polar surface area (TPSA) is 47.9 Å². The summed E-state index contributed by atoms with van der Waals surface area (Å²) in [7, 11) is 0. The Morgan fingerprint density at radius 3 is 2.43 bits per heavy atom. The van der Waals surface area contributed by atoms with E-state index in [0.717, 1.165) is 25.1 Å². The van der Waals surface area contributed by atoms with Gasteiger partial charge in [-0.15, -0.1) is 0 Å². The number of thiocarbonyl (C=S) groups is 1. The van der Waals surface area contributed by atoms with Crippen molar-refractivity contribution in [3.63, 3.8) is 0 Å². The Balaban J connectivity index is 1.69. The highest BCUT2D eigenvalue weighted by molar-refractivity contribution is 7.80. The summed E-state index contributed by atoms with van der Waals surface area (Å²) in [6, 6.07) is 19.7. The van der Waals surface area contributed by atoms with E-state index in [1.165, 1.54) is 5.56 Å².